The summed E-state index contributed by atoms with van der Waals surface area (Å²) in [6.07, 6.45) is 0. The Morgan fingerprint density at radius 2 is 1.68 bits per heavy atom. The SMILES string of the molecule is COCCS(=O)(=O)N1CCN(S(=O)(=O)c2ccc(C)s2)CC1. The molecule has 1 aromatic rings. The van der Waals surface area contributed by atoms with Crippen LogP contribution in [0.5, 0.6) is 0 Å². The number of hydrogen-bond donors (Lipinski definition) is 0. The molecule has 0 radical (unpaired) electrons. The van der Waals surface area contributed by atoms with Gasteiger partial charge in [0.05, 0.1) is 12.4 Å². The fraction of sp³-hybridized carbons (Fsp3) is 0.667. The van der Waals surface area contributed by atoms with Crippen molar-refractivity contribution in [3.05, 3.63) is 17.0 Å². The van der Waals surface area contributed by atoms with Crippen LogP contribution in [0.3, 0.4) is 0 Å². The van der Waals surface area contributed by atoms with Crippen molar-refractivity contribution >= 4 is 31.4 Å². The number of hydrogen-bond acceptors (Lipinski definition) is 6. The van der Waals surface area contributed by atoms with E-state index in [2.05, 4.69) is 0 Å². The first-order valence-corrected chi connectivity index (χ1v) is 10.7. The zero-order valence-electron chi connectivity index (χ0n) is 12.6. The van der Waals surface area contributed by atoms with Gasteiger partial charge in [-0.25, -0.2) is 16.8 Å². The van der Waals surface area contributed by atoms with E-state index in [9.17, 15) is 16.8 Å². The summed E-state index contributed by atoms with van der Waals surface area (Å²) in [5.41, 5.74) is 0. The molecular formula is C12H20N2O5S3. The van der Waals surface area contributed by atoms with E-state index in [0.29, 0.717) is 4.21 Å². The average molecular weight is 369 g/mol. The van der Waals surface area contributed by atoms with Crippen LogP contribution in [0.25, 0.3) is 0 Å². The molecule has 1 fully saturated rings. The quantitative estimate of drug-likeness (QED) is 0.723. The number of aryl methyl sites for hydroxylation is 1. The van der Waals surface area contributed by atoms with E-state index in [1.165, 1.54) is 27.1 Å². The Balaban J connectivity index is 2.03. The number of sulfonamides is 2. The standard InChI is InChI=1S/C12H20N2O5S3/c1-11-3-4-12(20-11)22(17,18)14-7-5-13(6-8-14)21(15,16)10-9-19-2/h3-4H,5-10H2,1-2H3. The van der Waals surface area contributed by atoms with Crippen LogP contribution in [-0.4, -0.2) is 71.1 Å². The Labute approximate surface area is 135 Å². The van der Waals surface area contributed by atoms with Crippen molar-refractivity contribution in [1.82, 2.24) is 8.61 Å². The van der Waals surface area contributed by atoms with Crippen LogP contribution in [0.2, 0.25) is 0 Å². The molecule has 0 saturated carbocycles. The second-order valence-corrected chi connectivity index (χ2v) is 10.5. The lowest BCUT2D eigenvalue weighted by Gasteiger charge is -2.32. The summed E-state index contributed by atoms with van der Waals surface area (Å²) < 4.78 is 56.8. The monoisotopic (exact) mass is 368 g/mol. The fourth-order valence-electron chi connectivity index (χ4n) is 2.18. The molecule has 1 aliphatic rings. The summed E-state index contributed by atoms with van der Waals surface area (Å²) in [6, 6.07) is 3.36. The maximum absolute atomic E-state index is 12.5. The molecule has 2 heterocycles. The molecule has 0 aliphatic carbocycles. The third-order valence-corrected chi connectivity index (χ3v) is 8.65. The predicted molar refractivity (Wildman–Crippen MR) is 85.1 cm³/mol. The van der Waals surface area contributed by atoms with Crippen molar-refractivity contribution in [3.63, 3.8) is 0 Å². The van der Waals surface area contributed by atoms with Crippen molar-refractivity contribution in [3.8, 4) is 0 Å². The van der Waals surface area contributed by atoms with Gasteiger partial charge < -0.3 is 4.74 Å². The van der Waals surface area contributed by atoms with E-state index in [1.54, 1.807) is 12.1 Å². The minimum Gasteiger partial charge on any atom is -0.384 e. The topological polar surface area (TPSA) is 84.0 Å². The number of nitrogens with zero attached hydrogens (tertiary/aromatic N) is 2. The third-order valence-electron chi connectivity index (χ3n) is 3.45. The molecule has 0 N–H and O–H groups in total. The highest BCUT2D eigenvalue weighted by Gasteiger charge is 2.33. The summed E-state index contributed by atoms with van der Waals surface area (Å²) in [6.45, 7) is 2.68. The smallest absolute Gasteiger partial charge is 0.252 e. The van der Waals surface area contributed by atoms with E-state index in [0.717, 1.165) is 4.88 Å². The molecule has 1 aromatic heterocycles. The lowest BCUT2D eigenvalue weighted by Crippen LogP contribution is -2.51. The zero-order valence-corrected chi connectivity index (χ0v) is 15.0. The van der Waals surface area contributed by atoms with Crippen LogP contribution in [0.15, 0.2) is 16.3 Å². The molecule has 1 aliphatic heterocycles. The van der Waals surface area contributed by atoms with Crippen LogP contribution in [0.1, 0.15) is 4.88 Å². The Morgan fingerprint density at radius 3 is 2.18 bits per heavy atom. The van der Waals surface area contributed by atoms with Gasteiger partial charge in [0.15, 0.2) is 0 Å². The Bertz CT molecular complexity index is 703. The normalized spacial score (nSPS) is 18.6. The van der Waals surface area contributed by atoms with Gasteiger partial charge in [0.25, 0.3) is 10.0 Å². The lowest BCUT2D eigenvalue weighted by molar-refractivity contribution is 0.213. The van der Waals surface area contributed by atoms with Gasteiger partial charge in [-0.05, 0) is 19.1 Å². The maximum Gasteiger partial charge on any atom is 0.252 e. The molecule has 2 rings (SSSR count). The fourth-order valence-corrected chi connectivity index (χ4v) is 6.40. The minimum atomic E-state index is -3.52. The first-order valence-electron chi connectivity index (χ1n) is 6.81. The molecule has 10 heteroatoms. The lowest BCUT2D eigenvalue weighted by atomic mass is 10.4. The molecule has 22 heavy (non-hydrogen) atoms. The molecule has 0 spiro atoms. The number of rotatable bonds is 6. The number of thiophene rings is 1. The van der Waals surface area contributed by atoms with Crippen molar-refractivity contribution in [2.75, 3.05) is 45.6 Å². The van der Waals surface area contributed by atoms with Gasteiger partial charge in [-0.15, -0.1) is 11.3 Å². The number of piperazine rings is 1. The van der Waals surface area contributed by atoms with Crippen molar-refractivity contribution in [2.45, 2.75) is 11.1 Å². The highest BCUT2D eigenvalue weighted by Crippen LogP contribution is 2.25. The summed E-state index contributed by atoms with van der Waals surface area (Å²) >= 11 is 1.23. The van der Waals surface area contributed by atoms with Gasteiger partial charge in [0.1, 0.15) is 4.21 Å². The van der Waals surface area contributed by atoms with Crippen LogP contribution in [0.4, 0.5) is 0 Å². The Morgan fingerprint density at radius 1 is 1.09 bits per heavy atom. The first kappa shape index (κ1) is 17.8. The first-order chi connectivity index (χ1) is 10.3. The summed E-state index contributed by atoms with van der Waals surface area (Å²) in [5, 5.41) is 0. The summed E-state index contributed by atoms with van der Waals surface area (Å²) in [5.74, 6) is -0.0830. The van der Waals surface area contributed by atoms with E-state index < -0.39 is 20.0 Å². The van der Waals surface area contributed by atoms with Gasteiger partial charge in [0.2, 0.25) is 10.0 Å². The Kier molecular flexibility index (Phi) is 5.62. The van der Waals surface area contributed by atoms with Crippen LogP contribution < -0.4 is 0 Å². The Hall–Kier alpha value is -0.520. The van der Waals surface area contributed by atoms with E-state index in [1.807, 2.05) is 6.92 Å². The average Bonchev–Trinajstić information content (AvgIpc) is 2.93. The summed E-state index contributed by atoms with van der Waals surface area (Å²) in [7, 11) is -5.46. The molecule has 1 saturated heterocycles. The van der Waals surface area contributed by atoms with Crippen LogP contribution >= 0.6 is 11.3 Å². The molecule has 0 amide bonds. The third kappa shape index (κ3) is 3.87. The van der Waals surface area contributed by atoms with Gasteiger partial charge in [-0.3, -0.25) is 0 Å². The van der Waals surface area contributed by atoms with E-state index >= 15 is 0 Å². The van der Waals surface area contributed by atoms with E-state index in [-0.39, 0.29) is 38.5 Å². The van der Waals surface area contributed by atoms with Gasteiger partial charge in [-0.2, -0.15) is 8.61 Å². The molecular weight excluding hydrogens is 348 g/mol. The van der Waals surface area contributed by atoms with Gasteiger partial charge in [0, 0.05) is 38.2 Å². The van der Waals surface area contributed by atoms with Crippen LogP contribution in [-0.2, 0) is 24.8 Å². The second-order valence-electron chi connectivity index (χ2n) is 4.98. The molecule has 126 valence electrons. The van der Waals surface area contributed by atoms with Crippen molar-refractivity contribution < 1.29 is 21.6 Å². The van der Waals surface area contributed by atoms with Gasteiger partial charge >= 0.3 is 0 Å². The largest absolute Gasteiger partial charge is 0.384 e. The highest BCUT2D eigenvalue weighted by molar-refractivity contribution is 7.91. The van der Waals surface area contributed by atoms with Gasteiger partial charge in [-0.1, -0.05) is 0 Å². The number of ether oxygens (including phenoxy) is 1. The van der Waals surface area contributed by atoms with Crippen LogP contribution in [0, 0.1) is 6.92 Å². The minimum absolute atomic E-state index is 0.0830. The molecule has 7 nitrogen and oxygen atoms in total. The van der Waals surface area contributed by atoms with Crippen molar-refractivity contribution in [1.29, 1.82) is 0 Å². The molecule has 0 unspecified atom stereocenters. The zero-order chi connectivity index (χ0) is 16.4. The highest BCUT2D eigenvalue weighted by atomic mass is 32.2. The maximum atomic E-state index is 12.5. The van der Waals surface area contributed by atoms with Crippen molar-refractivity contribution in [2.24, 2.45) is 0 Å². The van der Waals surface area contributed by atoms with E-state index in [4.69, 9.17) is 4.74 Å². The summed E-state index contributed by atoms with van der Waals surface area (Å²) in [4.78, 5) is 0.930. The molecule has 0 aromatic carbocycles. The molecule has 0 atom stereocenters. The molecule has 0 bridgehead atoms. The second kappa shape index (κ2) is 6.93. The predicted octanol–water partition coefficient (Wildman–Crippen LogP) is 0.339. The number of methoxy groups -OCH3 is 1.